The Morgan fingerprint density at radius 2 is 1.92 bits per heavy atom. The van der Waals surface area contributed by atoms with Gasteiger partial charge in [-0.15, -0.1) is 0 Å². The van der Waals surface area contributed by atoms with Gasteiger partial charge in [0.2, 0.25) is 0 Å². The van der Waals surface area contributed by atoms with Gasteiger partial charge in [-0.3, -0.25) is 9.48 Å². The summed E-state index contributed by atoms with van der Waals surface area (Å²) in [6.07, 6.45) is 6.04. The quantitative estimate of drug-likeness (QED) is 0.888. The smallest absolute Gasteiger partial charge is 0.253 e. The molecule has 5 heteroatoms. The minimum Gasteiger partial charge on any atom is -0.339 e. The third kappa shape index (κ3) is 3.85. The lowest BCUT2D eigenvalue weighted by Gasteiger charge is -2.22. The SMILES string of the molecule is C[C@H]([C@@H](C)NCc1ccc(C(=O)N2CCCC2)cc1)n1cccn1. The van der Waals surface area contributed by atoms with Gasteiger partial charge in [0.15, 0.2) is 0 Å². The second kappa shape index (κ2) is 7.62. The summed E-state index contributed by atoms with van der Waals surface area (Å²) < 4.78 is 1.97. The van der Waals surface area contributed by atoms with Crippen LogP contribution in [0.3, 0.4) is 0 Å². The van der Waals surface area contributed by atoms with Crippen LogP contribution in [0.2, 0.25) is 0 Å². The topological polar surface area (TPSA) is 50.2 Å². The molecule has 1 N–H and O–H groups in total. The zero-order valence-corrected chi connectivity index (χ0v) is 14.5. The maximum absolute atomic E-state index is 12.3. The molecule has 128 valence electrons. The lowest BCUT2D eigenvalue weighted by Crippen LogP contribution is -2.33. The molecule has 2 aromatic rings. The van der Waals surface area contributed by atoms with Gasteiger partial charge in [-0.25, -0.2) is 0 Å². The van der Waals surface area contributed by atoms with Crippen LogP contribution in [0.15, 0.2) is 42.7 Å². The van der Waals surface area contributed by atoms with Crippen LogP contribution in [0.4, 0.5) is 0 Å². The standard InChI is InChI=1S/C19H26N4O/c1-15(16(2)23-13-5-10-21-23)20-14-17-6-8-18(9-7-17)19(24)22-11-3-4-12-22/h5-10,13,15-16,20H,3-4,11-12,14H2,1-2H3/t15-,16-/m1/s1. The summed E-state index contributed by atoms with van der Waals surface area (Å²) in [7, 11) is 0. The summed E-state index contributed by atoms with van der Waals surface area (Å²) in [6.45, 7) is 6.89. The molecule has 0 unspecified atom stereocenters. The van der Waals surface area contributed by atoms with Gasteiger partial charge in [-0.05, 0) is 50.5 Å². The number of hydrogen-bond donors (Lipinski definition) is 1. The van der Waals surface area contributed by atoms with Gasteiger partial charge in [0.1, 0.15) is 0 Å². The summed E-state index contributed by atoms with van der Waals surface area (Å²) >= 11 is 0. The maximum Gasteiger partial charge on any atom is 0.253 e. The Labute approximate surface area is 143 Å². The van der Waals surface area contributed by atoms with E-state index in [9.17, 15) is 4.79 Å². The number of aromatic nitrogens is 2. The van der Waals surface area contributed by atoms with Crippen LogP contribution in [0.5, 0.6) is 0 Å². The van der Waals surface area contributed by atoms with Crippen molar-refractivity contribution in [2.45, 2.75) is 45.3 Å². The number of amides is 1. The van der Waals surface area contributed by atoms with Crippen LogP contribution in [0.25, 0.3) is 0 Å². The van der Waals surface area contributed by atoms with E-state index < -0.39 is 0 Å². The van der Waals surface area contributed by atoms with E-state index in [1.165, 1.54) is 5.56 Å². The molecular weight excluding hydrogens is 300 g/mol. The molecule has 0 bridgehead atoms. The number of carbonyl (C=O) groups excluding carboxylic acids is 1. The van der Waals surface area contributed by atoms with Gasteiger partial charge < -0.3 is 10.2 Å². The molecule has 1 aromatic carbocycles. The van der Waals surface area contributed by atoms with Crippen molar-refractivity contribution in [3.8, 4) is 0 Å². The van der Waals surface area contributed by atoms with E-state index in [1.54, 1.807) is 6.20 Å². The number of nitrogens with zero attached hydrogens (tertiary/aromatic N) is 3. The first-order chi connectivity index (χ1) is 11.6. The van der Waals surface area contributed by atoms with Crippen molar-refractivity contribution >= 4 is 5.91 Å². The monoisotopic (exact) mass is 326 g/mol. The van der Waals surface area contributed by atoms with Crippen LogP contribution >= 0.6 is 0 Å². The third-order valence-corrected chi connectivity index (χ3v) is 4.89. The molecule has 0 saturated carbocycles. The van der Waals surface area contributed by atoms with Crippen molar-refractivity contribution in [1.29, 1.82) is 0 Å². The van der Waals surface area contributed by atoms with Crippen molar-refractivity contribution in [3.05, 3.63) is 53.9 Å². The van der Waals surface area contributed by atoms with E-state index in [0.29, 0.717) is 6.04 Å². The Morgan fingerprint density at radius 1 is 1.21 bits per heavy atom. The average molecular weight is 326 g/mol. The molecule has 5 nitrogen and oxygen atoms in total. The third-order valence-electron chi connectivity index (χ3n) is 4.89. The Hall–Kier alpha value is -2.14. The molecule has 0 radical (unpaired) electrons. The van der Waals surface area contributed by atoms with Gasteiger partial charge in [0.05, 0.1) is 6.04 Å². The molecule has 1 amide bonds. The van der Waals surface area contributed by atoms with Gasteiger partial charge in [0.25, 0.3) is 5.91 Å². The predicted molar refractivity (Wildman–Crippen MR) is 94.8 cm³/mol. The summed E-state index contributed by atoms with van der Waals surface area (Å²) in [6, 6.07) is 10.5. The van der Waals surface area contributed by atoms with Crippen molar-refractivity contribution in [1.82, 2.24) is 20.0 Å². The molecule has 2 heterocycles. The summed E-state index contributed by atoms with van der Waals surface area (Å²) in [5.74, 6) is 0.160. The first-order valence-electron chi connectivity index (χ1n) is 8.76. The highest BCUT2D eigenvalue weighted by atomic mass is 16.2. The van der Waals surface area contributed by atoms with E-state index in [2.05, 4.69) is 24.3 Å². The fourth-order valence-electron chi connectivity index (χ4n) is 3.07. The van der Waals surface area contributed by atoms with Crippen LogP contribution in [0, 0.1) is 0 Å². The van der Waals surface area contributed by atoms with Gasteiger partial charge in [-0.2, -0.15) is 5.10 Å². The van der Waals surface area contributed by atoms with Gasteiger partial charge in [-0.1, -0.05) is 12.1 Å². The first kappa shape index (κ1) is 16.7. The number of carbonyl (C=O) groups is 1. The molecule has 1 fully saturated rings. The first-order valence-corrected chi connectivity index (χ1v) is 8.76. The molecule has 2 atom stereocenters. The van der Waals surface area contributed by atoms with Crippen LogP contribution in [-0.4, -0.2) is 39.7 Å². The van der Waals surface area contributed by atoms with Crippen molar-refractivity contribution < 1.29 is 4.79 Å². The van der Waals surface area contributed by atoms with Crippen LogP contribution < -0.4 is 5.32 Å². The van der Waals surface area contributed by atoms with E-state index in [0.717, 1.165) is 38.0 Å². The average Bonchev–Trinajstić information content (AvgIpc) is 3.32. The van der Waals surface area contributed by atoms with Gasteiger partial charge in [0, 0.05) is 43.6 Å². The molecule has 1 aromatic heterocycles. The van der Waals surface area contributed by atoms with Crippen molar-refractivity contribution in [3.63, 3.8) is 0 Å². The molecule has 24 heavy (non-hydrogen) atoms. The number of rotatable bonds is 6. The van der Waals surface area contributed by atoms with E-state index in [4.69, 9.17) is 0 Å². The van der Waals surface area contributed by atoms with E-state index in [1.807, 2.05) is 46.1 Å². The van der Waals surface area contributed by atoms with E-state index >= 15 is 0 Å². The molecule has 1 saturated heterocycles. The minimum absolute atomic E-state index is 0.160. The molecular formula is C19H26N4O. The Morgan fingerprint density at radius 3 is 2.54 bits per heavy atom. The van der Waals surface area contributed by atoms with E-state index in [-0.39, 0.29) is 11.9 Å². The second-order valence-electron chi connectivity index (χ2n) is 6.59. The lowest BCUT2D eigenvalue weighted by atomic mass is 10.1. The summed E-state index contributed by atoms with van der Waals surface area (Å²) in [5.41, 5.74) is 1.98. The minimum atomic E-state index is 0.160. The molecule has 1 aliphatic rings. The zero-order valence-electron chi connectivity index (χ0n) is 14.5. The highest BCUT2D eigenvalue weighted by molar-refractivity contribution is 5.94. The zero-order chi connectivity index (χ0) is 16.9. The number of benzene rings is 1. The summed E-state index contributed by atoms with van der Waals surface area (Å²) in [5, 5.41) is 7.83. The maximum atomic E-state index is 12.3. The molecule has 3 rings (SSSR count). The molecule has 0 spiro atoms. The van der Waals surface area contributed by atoms with Crippen molar-refractivity contribution in [2.75, 3.05) is 13.1 Å². The lowest BCUT2D eigenvalue weighted by molar-refractivity contribution is 0.0793. The highest BCUT2D eigenvalue weighted by Gasteiger charge is 2.19. The van der Waals surface area contributed by atoms with Crippen molar-refractivity contribution in [2.24, 2.45) is 0 Å². The van der Waals surface area contributed by atoms with Crippen LogP contribution in [-0.2, 0) is 6.54 Å². The Bertz CT molecular complexity index is 645. The normalized spacial score (nSPS) is 17.0. The highest BCUT2D eigenvalue weighted by Crippen LogP contribution is 2.14. The molecule has 0 aliphatic carbocycles. The second-order valence-corrected chi connectivity index (χ2v) is 6.59. The fourth-order valence-corrected chi connectivity index (χ4v) is 3.07. The number of likely N-dealkylation sites (tertiary alicyclic amines) is 1. The van der Waals surface area contributed by atoms with Gasteiger partial charge >= 0.3 is 0 Å². The number of hydrogen-bond acceptors (Lipinski definition) is 3. The number of nitrogens with one attached hydrogen (secondary N) is 1. The Balaban J connectivity index is 1.53. The Kier molecular flexibility index (Phi) is 5.30. The summed E-state index contributed by atoms with van der Waals surface area (Å²) in [4.78, 5) is 14.3. The largest absolute Gasteiger partial charge is 0.339 e. The fraction of sp³-hybridized carbons (Fsp3) is 0.474. The molecule has 1 aliphatic heterocycles. The predicted octanol–water partition coefficient (Wildman–Crippen LogP) is 2.86. The van der Waals surface area contributed by atoms with Crippen LogP contribution in [0.1, 0.15) is 48.7 Å².